The molecule has 0 radical (unpaired) electrons. The van der Waals surface area contributed by atoms with Crippen molar-refractivity contribution in [3.05, 3.63) is 5.82 Å². The van der Waals surface area contributed by atoms with Gasteiger partial charge < -0.3 is 14.4 Å². The molecule has 6 heteroatoms. The van der Waals surface area contributed by atoms with Crippen molar-refractivity contribution in [2.24, 2.45) is 13.0 Å². The number of rotatable bonds is 7. The fraction of sp³-hybridized carbons (Fsp3) is 0.909. The molecule has 0 atom stereocenters. The second kappa shape index (κ2) is 10.4. The molecule has 2 aliphatic heterocycles. The molecule has 1 aromatic heterocycles. The van der Waals surface area contributed by atoms with E-state index in [2.05, 4.69) is 31.6 Å². The molecule has 0 bridgehead atoms. The van der Waals surface area contributed by atoms with E-state index in [1.54, 1.807) is 0 Å². The highest BCUT2D eigenvalue weighted by Crippen LogP contribution is 2.31. The molecule has 0 spiro atoms. The van der Waals surface area contributed by atoms with E-state index in [9.17, 15) is 0 Å². The van der Waals surface area contributed by atoms with E-state index in [1.807, 2.05) is 11.8 Å². The van der Waals surface area contributed by atoms with Crippen LogP contribution in [0.4, 0.5) is 0 Å². The number of likely N-dealkylation sites (tertiary alicyclic amines) is 2. The van der Waals surface area contributed by atoms with Crippen molar-refractivity contribution in [1.82, 2.24) is 24.6 Å². The summed E-state index contributed by atoms with van der Waals surface area (Å²) in [7, 11) is 2.17. The maximum Gasteiger partial charge on any atom is 0.191 e. The van der Waals surface area contributed by atoms with Crippen molar-refractivity contribution in [1.29, 1.82) is 0 Å². The molecule has 3 heterocycles. The highest BCUT2D eigenvalue weighted by Gasteiger charge is 2.27. The molecule has 28 heavy (non-hydrogen) atoms. The third kappa shape index (κ3) is 5.51. The Morgan fingerprint density at radius 2 is 1.54 bits per heavy atom. The third-order valence-corrected chi connectivity index (χ3v) is 8.15. The van der Waals surface area contributed by atoms with Gasteiger partial charge in [0.25, 0.3) is 0 Å². The average Bonchev–Trinajstić information content (AvgIpc) is 3.11. The van der Waals surface area contributed by atoms with E-state index in [-0.39, 0.29) is 0 Å². The first kappa shape index (κ1) is 20.7. The van der Waals surface area contributed by atoms with E-state index in [4.69, 9.17) is 0 Å². The van der Waals surface area contributed by atoms with Crippen LogP contribution in [0.15, 0.2) is 5.16 Å². The summed E-state index contributed by atoms with van der Waals surface area (Å²) in [5.74, 6) is 3.91. The van der Waals surface area contributed by atoms with Crippen LogP contribution in [-0.4, -0.2) is 69.6 Å². The zero-order chi connectivity index (χ0) is 19.2. The molecule has 0 aromatic carbocycles. The van der Waals surface area contributed by atoms with Gasteiger partial charge in [-0.05, 0) is 70.6 Å². The van der Waals surface area contributed by atoms with Gasteiger partial charge in [-0.25, -0.2) is 0 Å². The summed E-state index contributed by atoms with van der Waals surface area (Å²) in [6.07, 6.45) is 13.9. The minimum absolute atomic E-state index is 0.594. The monoisotopic (exact) mass is 405 g/mol. The molecule has 0 amide bonds. The smallest absolute Gasteiger partial charge is 0.191 e. The van der Waals surface area contributed by atoms with Crippen molar-refractivity contribution in [2.75, 3.05) is 45.0 Å². The Hall–Kier alpha value is -0.590. The molecule has 3 fully saturated rings. The summed E-state index contributed by atoms with van der Waals surface area (Å²) in [6, 6.07) is 0. The lowest BCUT2D eigenvalue weighted by Crippen LogP contribution is -2.37. The molecule has 1 aromatic rings. The molecular weight excluding hydrogens is 366 g/mol. The standard InChI is InChI=1S/C22H39N5S/c1-25-21(23-24-22(25)28-17-16-26-12-6-3-7-13-26)20-10-14-27(15-11-20)18-19-8-4-2-5-9-19/h19-20H,2-18H2,1H3. The van der Waals surface area contributed by atoms with Crippen LogP contribution in [0.2, 0.25) is 0 Å². The van der Waals surface area contributed by atoms with Crippen molar-refractivity contribution in [2.45, 2.75) is 75.3 Å². The van der Waals surface area contributed by atoms with Gasteiger partial charge in [-0.1, -0.05) is 37.4 Å². The second-order valence-electron chi connectivity index (χ2n) is 9.23. The second-order valence-corrected chi connectivity index (χ2v) is 10.3. The van der Waals surface area contributed by atoms with Gasteiger partial charge >= 0.3 is 0 Å². The fourth-order valence-corrected chi connectivity index (χ4v) is 6.28. The lowest BCUT2D eigenvalue weighted by atomic mass is 9.88. The van der Waals surface area contributed by atoms with Gasteiger partial charge in [0.2, 0.25) is 0 Å². The van der Waals surface area contributed by atoms with Crippen molar-refractivity contribution >= 4 is 11.8 Å². The number of nitrogens with zero attached hydrogens (tertiary/aromatic N) is 5. The first-order valence-corrected chi connectivity index (χ1v) is 12.7. The minimum atomic E-state index is 0.594. The van der Waals surface area contributed by atoms with Crippen molar-refractivity contribution in [3.8, 4) is 0 Å². The fourth-order valence-electron chi connectivity index (χ4n) is 5.36. The molecule has 1 aliphatic carbocycles. The predicted octanol–water partition coefficient (Wildman–Crippen LogP) is 4.15. The lowest BCUT2D eigenvalue weighted by molar-refractivity contribution is 0.161. The molecule has 4 rings (SSSR count). The number of hydrogen-bond donors (Lipinski definition) is 0. The zero-order valence-corrected chi connectivity index (χ0v) is 18.6. The van der Waals surface area contributed by atoms with Crippen molar-refractivity contribution < 1.29 is 0 Å². The van der Waals surface area contributed by atoms with Crippen LogP contribution in [0, 0.1) is 5.92 Å². The number of piperidine rings is 2. The van der Waals surface area contributed by atoms with Crippen LogP contribution in [-0.2, 0) is 7.05 Å². The van der Waals surface area contributed by atoms with E-state index in [1.165, 1.54) is 109 Å². The van der Waals surface area contributed by atoms with Gasteiger partial charge in [0.05, 0.1) is 0 Å². The number of hydrogen-bond acceptors (Lipinski definition) is 5. The number of thioether (sulfide) groups is 1. The van der Waals surface area contributed by atoms with Crippen LogP contribution in [0.3, 0.4) is 0 Å². The topological polar surface area (TPSA) is 37.2 Å². The molecule has 158 valence electrons. The van der Waals surface area contributed by atoms with E-state index < -0.39 is 0 Å². The summed E-state index contributed by atoms with van der Waals surface area (Å²) >= 11 is 1.89. The van der Waals surface area contributed by atoms with Crippen LogP contribution in [0.1, 0.15) is 76.0 Å². The normalized spacial score (nSPS) is 24.0. The molecule has 5 nitrogen and oxygen atoms in total. The first-order chi connectivity index (χ1) is 13.8. The van der Waals surface area contributed by atoms with E-state index >= 15 is 0 Å². The molecular formula is C22H39N5S. The van der Waals surface area contributed by atoms with Gasteiger partial charge in [0.15, 0.2) is 5.16 Å². The summed E-state index contributed by atoms with van der Waals surface area (Å²) < 4.78 is 2.28. The van der Waals surface area contributed by atoms with Gasteiger partial charge in [0, 0.05) is 31.8 Å². The summed E-state index contributed by atoms with van der Waals surface area (Å²) in [5, 5.41) is 10.2. The Labute approximate surface area is 175 Å². The zero-order valence-electron chi connectivity index (χ0n) is 17.8. The minimum Gasteiger partial charge on any atom is -0.309 e. The van der Waals surface area contributed by atoms with E-state index in [0.29, 0.717) is 5.92 Å². The summed E-state index contributed by atoms with van der Waals surface area (Å²) in [4.78, 5) is 5.33. The SMILES string of the molecule is Cn1c(SCCN2CCCCC2)nnc1C1CCN(CC2CCCCC2)CC1. The van der Waals surface area contributed by atoms with Gasteiger partial charge in [0.1, 0.15) is 5.82 Å². The Kier molecular flexibility index (Phi) is 7.71. The van der Waals surface area contributed by atoms with Crippen LogP contribution < -0.4 is 0 Å². The van der Waals surface area contributed by atoms with Gasteiger partial charge in [-0.3, -0.25) is 0 Å². The Morgan fingerprint density at radius 3 is 2.29 bits per heavy atom. The third-order valence-electron chi connectivity index (χ3n) is 7.15. The molecule has 0 unspecified atom stereocenters. The maximum absolute atomic E-state index is 4.61. The van der Waals surface area contributed by atoms with Crippen LogP contribution in [0.25, 0.3) is 0 Å². The highest BCUT2D eigenvalue weighted by atomic mass is 32.2. The predicted molar refractivity (Wildman–Crippen MR) is 117 cm³/mol. The summed E-state index contributed by atoms with van der Waals surface area (Å²) in [5.41, 5.74) is 0. The first-order valence-electron chi connectivity index (χ1n) is 11.8. The highest BCUT2D eigenvalue weighted by molar-refractivity contribution is 7.99. The quantitative estimate of drug-likeness (QED) is 0.637. The van der Waals surface area contributed by atoms with Gasteiger partial charge in [-0.2, -0.15) is 0 Å². The Balaban J connectivity index is 1.21. The van der Waals surface area contributed by atoms with Crippen molar-refractivity contribution in [3.63, 3.8) is 0 Å². The van der Waals surface area contributed by atoms with Gasteiger partial charge in [-0.15, -0.1) is 10.2 Å². The van der Waals surface area contributed by atoms with E-state index in [0.717, 1.165) is 16.8 Å². The molecule has 3 aliphatic rings. The molecule has 0 N–H and O–H groups in total. The lowest BCUT2D eigenvalue weighted by Gasteiger charge is -2.35. The molecule has 1 saturated carbocycles. The van der Waals surface area contributed by atoms with Crippen LogP contribution in [0.5, 0.6) is 0 Å². The Morgan fingerprint density at radius 1 is 0.821 bits per heavy atom. The van der Waals surface area contributed by atoms with Crippen LogP contribution >= 0.6 is 11.8 Å². The largest absolute Gasteiger partial charge is 0.309 e. The average molecular weight is 406 g/mol. The Bertz CT molecular complexity index is 584. The summed E-state index contributed by atoms with van der Waals surface area (Å²) in [6.45, 7) is 7.57. The number of aromatic nitrogens is 3. The molecule has 2 saturated heterocycles. The maximum atomic E-state index is 4.61.